The molecule has 0 aliphatic carbocycles. The van der Waals surface area contributed by atoms with Crippen molar-refractivity contribution in [1.82, 2.24) is 14.9 Å². The largest absolute Gasteiger partial charge is 0.493 e. The van der Waals surface area contributed by atoms with Gasteiger partial charge in [0.2, 0.25) is 5.95 Å². The van der Waals surface area contributed by atoms with E-state index in [-0.39, 0.29) is 11.9 Å². The zero-order valence-electron chi connectivity index (χ0n) is 15.8. The van der Waals surface area contributed by atoms with Crippen LogP contribution >= 0.6 is 15.9 Å². The van der Waals surface area contributed by atoms with E-state index in [4.69, 9.17) is 10.5 Å². The first-order valence-electron chi connectivity index (χ1n) is 8.49. The molecule has 0 aliphatic rings. The number of hydrogen-bond acceptors (Lipinski definition) is 5. The molecule has 0 bridgehead atoms. The molecule has 6 nitrogen and oxygen atoms in total. The highest BCUT2D eigenvalue weighted by Gasteiger charge is 2.23. The Bertz CT molecular complexity index is 806. The van der Waals surface area contributed by atoms with Gasteiger partial charge in [0.1, 0.15) is 5.75 Å². The minimum absolute atomic E-state index is 0.126. The van der Waals surface area contributed by atoms with Crippen molar-refractivity contribution in [3.63, 3.8) is 0 Å². The van der Waals surface area contributed by atoms with E-state index in [2.05, 4.69) is 39.7 Å². The molecule has 0 unspecified atom stereocenters. The Morgan fingerprint density at radius 3 is 2.62 bits per heavy atom. The lowest BCUT2D eigenvalue weighted by Crippen LogP contribution is -2.24. The van der Waals surface area contributed by atoms with Crippen LogP contribution in [0.5, 0.6) is 5.75 Å². The molecule has 2 aromatic rings. The maximum absolute atomic E-state index is 12.7. The Hall–Kier alpha value is -2.15. The lowest BCUT2D eigenvalue weighted by Gasteiger charge is -2.18. The van der Waals surface area contributed by atoms with Crippen LogP contribution in [0.25, 0.3) is 11.3 Å². The van der Waals surface area contributed by atoms with Crippen molar-refractivity contribution >= 4 is 27.8 Å². The molecule has 0 atom stereocenters. The molecule has 0 saturated heterocycles. The zero-order valence-corrected chi connectivity index (χ0v) is 17.4. The average molecular weight is 421 g/mol. The maximum Gasteiger partial charge on any atom is 0.257 e. The molecule has 1 aromatic heterocycles. The summed E-state index contributed by atoms with van der Waals surface area (Å²) in [5.74, 6) is 1.15. The van der Waals surface area contributed by atoms with Gasteiger partial charge in [-0.15, -0.1) is 0 Å². The standard InChI is InChI=1S/C19H25BrN4O2/c1-11(2)8-9-26-15-7-6-13(20)10-14(15)17-16(18(25)24(4)5)12(3)22-19(21)23-17/h6-7,10-11H,8-9H2,1-5H3,(H2,21,22,23). The number of aryl methyl sites for hydroxylation is 1. The Kier molecular flexibility index (Phi) is 6.58. The van der Waals surface area contributed by atoms with E-state index in [9.17, 15) is 4.79 Å². The van der Waals surface area contributed by atoms with Crippen LogP contribution in [0.2, 0.25) is 0 Å². The topological polar surface area (TPSA) is 81.3 Å². The lowest BCUT2D eigenvalue weighted by molar-refractivity contribution is 0.0827. The number of nitrogens with two attached hydrogens (primary N) is 1. The molecule has 1 aromatic carbocycles. The van der Waals surface area contributed by atoms with E-state index in [0.717, 1.165) is 10.9 Å². The third-order valence-electron chi connectivity index (χ3n) is 3.88. The van der Waals surface area contributed by atoms with Crippen molar-refractivity contribution in [1.29, 1.82) is 0 Å². The fourth-order valence-corrected chi connectivity index (χ4v) is 2.85. The van der Waals surface area contributed by atoms with Crippen molar-refractivity contribution in [2.24, 2.45) is 5.92 Å². The van der Waals surface area contributed by atoms with E-state index in [0.29, 0.717) is 40.8 Å². The summed E-state index contributed by atoms with van der Waals surface area (Å²) in [4.78, 5) is 22.8. The molecule has 2 rings (SSSR count). The number of anilines is 1. The number of nitrogen functional groups attached to an aromatic ring is 1. The highest BCUT2D eigenvalue weighted by Crippen LogP contribution is 2.35. The highest BCUT2D eigenvalue weighted by atomic mass is 79.9. The highest BCUT2D eigenvalue weighted by molar-refractivity contribution is 9.10. The smallest absolute Gasteiger partial charge is 0.257 e. The van der Waals surface area contributed by atoms with Crippen LogP contribution in [0.15, 0.2) is 22.7 Å². The quantitative estimate of drug-likeness (QED) is 0.765. The molecular formula is C19H25BrN4O2. The van der Waals surface area contributed by atoms with Crippen molar-refractivity contribution in [2.75, 3.05) is 26.4 Å². The number of hydrogen-bond donors (Lipinski definition) is 1. The van der Waals surface area contributed by atoms with Gasteiger partial charge in [0.25, 0.3) is 5.91 Å². The summed E-state index contributed by atoms with van der Waals surface area (Å²) >= 11 is 3.49. The molecule has 1 amide bonds. The maximum atomic E-state index is 12.7. The average Bonchev–Trinajstić information content (AvgIpc) is 2.54. The summed E-state index contributed by atoms with van der Waals surface area (Å²) in [6, 6.07) is 5.66. The van der Waals surface area contributed by atoms with Gasteiger partial charge in [0.05, 0.1) is 23.6 Å². The second kappa shape index (κ2) is 8.49. The fourth-order valence-electron chi connectivity index (χ4n) is 2.49. The van der Waals surface area contributed by atoms with Gasteiger partial charge in [-0.05, 0) is 37.5 Å². The summed E-state index contributed by atoms with van der Waals surface area (Å²) in [6.07, 6.45) is 0.934. The van der Waals surface area contributed by atoms with Crippen LogP contribution in [0.1, 0.15) is 36.3 Å². The van der Waals surface area contributed by atoms with Gasteiger partial charge in [-0.2, -0.15) is 0 Å². The van der Waals surface area contributed by atoms with Gasteiger partial charge in [0, 0.05) is 24.1 Å². The number of rotatable bonds is 6. The van der Waals surface area contributed by atoms with E-state index < -0.39 is 0 Å². The van der Waals surface area contributed by atoms with E-state index in [1.807, 2.05) is 18.2 Å². The van der Waals surface area contributed by atoms with Gasteiger partial charge in [-0.25, -0.2) is 9.97 Å². The van der Waals surface area contributed by atoms with E-state index >= 15 is 0 Å². The van der Waals surface area contributed by atoms with Gasteiger partial charge < -0.3 is 15.4 Å². The number of halogens is 1. The predicted octanol–water partition coefficient (Wildman–Crippen LogP) is 3.92. The van der Waals surface area contributed by atoms with Crippen LogP contribution < -0.4 is 10.5 Å². The molecule has 2 N–H and O–H groups in total. The summed E-state index contributed by atoms with van der Waals surface area (Å²) in [5.41, 5.74) is 8.03. The Labute approximate surface area is 162 Å². The third kappa shape index (κ3) is 4.72. The number of aromatic nitrogens is 2. The summed E-state index contributed by atoms with van der Waals surface area (Å²) < 4.78 is 6.85. The number of nitrogens with zero attached hydrogens (tertiary/aromatic N) is 3. The molecular weight excluding hydrogens is 396 g/mol. The minimum atomic E-state index is -0.175. The minimum Gasteiger partial charge on any atom is -0.493 e. The fraction of sp³-hybridized carbons (Fsp3) is 0.421. The van der Waals surface area contributed by atoms with Gasteiger partial charge >= 0.3 is 0 Å². The zero-order chi connectivity index (χ0) is 19.4. The first kappa shape index (κ1) is 20.2. The first-order valence-corrected chi connectivity index (χ1v) is 9.28. The molecule has 0 radical (unpaired) electrons. The van der Waals surface area contributed by atoms with Crippen molar-refractivity contribution < 1.29 is 9.53 Å². The van der Waals surface area contributed by atoms with E-state index in [1.165, 1.54) is 4.90 Å². The van der Waals surface area contributed by atoms with Crippen LogP contribution in [-0.4, -0.2) is 41.5 Å². The molecule has 0 saturated carbocycles. The normalized spacial score (nSPS) is 10.9. The molecule has 0 aliphatic heterocycles. The van der Waals surface area contributed by atoms with Crippen LogP contribution in [0, 0.1) is 12.8 Å². The second-order valence-corrected chi connectivity index (χ2v) is 7.68. The van der Waals surface area contributed by atoms with Gasteiger partial charge in [-0.3, -0.25) is 4.79 Å². The second-order valence-electron chi connectivity index (χ2n) is 6.76. The Morgan fingerprint density at radius 2 is 2.00 bits per heavy atom. The molecule has 26 heavy (non-hydrogen) atoms. The molecule has 140 valence electrons. The summed E-state index contributed by atoms with van der Waals surface area (Å²) in [7, 11) is 3.39. The SMILES string of the molecule is Cc1nc(N)nc(-c2cc(Br)ccc2OCCC(C)C)c1C(=O)N(C)C. The summed E-state index contributed by atoms with van der Waals surface area (Å²) in [5, 5.41) is 0. The van der Waals surface area contributed by atoms with Crippen LogP contribution in [0.3, 0.4) is 0 Å². The number of carbonyl (C=O) groups excluding carboxylic acids is 1. The third-order valence-corrected chi connectivity index (χ3v) is 4.37. The molecule has 0 fully saturated rings. The monoisotopic (exact) mass is 420 g/mol. The van der Waals surface area contributed by atoms with Crippen molar-refractivity contribution in [3.05, 3.63) is 33.9 Å². The number of carbonyl (C=O) groups is 1. The number of ether oxygens (including phenoxy) is 1. The molecule has 1 heterocycles. The van der Waals surface area contributed by atoms with Crippen LogP contribution in [-0.2, 0) is 0 Å². The van der Waals surface area contributed by atoms with E-state index in [1.54, 1.807) is 21.0 Å². The van der Waals surface area contributed by atoms with Crippen LogP contribution in [0.4, 0.5) is 5.95 Å². The Balaban J connectivity index is 2.60. The predicted molar refractivity (Wildman–Crippen MR) is 107 cm³/mol. The first-order chi connectivity index (χ1) is 12.2. The Morgan fingerprint density at radius 1 is 1.31 bits per heavy atom. The van der Waals surface area contributed by atoms with Gasteiger partial charge in [0.15, 0.2) is 0 Å². The molecule has 0 spiro atoms. The molecule has 7 heteroatoms. The van der Waals surface area contributed by atoms with Crippen molar-refractivity contribution in [2.45, 2.75) is 27.2 Å². The number of amides is 1. The van der Waals surface area contributed by atoms with Crippen molar-refractivity contribution in [3.8, 4) is 17.0 Å². The number of benzene rings is 1. The lowest BCUT2D eigenvalue weighted by atomic mass is 10.0. The summed E-state index contributed by atoms with van der Waals surface area (Å²) in [6.45, 7) is 6.64. The van der Waals surface area contributed by atoms with Gasteiger partial charge in [-0.1, -0.05) is 29.8 Å².